The van der Waals surface area contributed by atoms with E-state index < -0.39 is 0 Å². The van der Waals surface area contributed by atoms with Gasteiger partial charge in [-0.3, -0.25) is 0 Å². The van der Waals surface area contributed by atoms with Crippen LogP contribution in [-0.2, 0) is 0 Å². The van der Waals surface area contributed by atoms with E-state index >= 15 is 0 Å². The third-order valence-corrected chi connectivity index (χ3v) is 3.95. The molecule has 1 nitrogen and oxygen atoms in total. The number of nitrogens with one attached hydrogen (secondary N) is 1. The molecule has 94 valence electrons. The molecule has 0 aromatic heterocycles. The summed E-state index contributed by atoms with van der Waals surface area (Å²) in [6.45, 7) is 9.12. The molecule has 0 heterocycles. The molecule has 1 aliphatic rings. The van der Waals surface area contributed by atoms with Gasteiger partial charge in [-0.15, -0.1) is 0 Å². The molecule has 2 unspecified atom stereocenters. The van der Waals surface area contributed by atoms with Crippen LogP contribution in [-0.4, -0.2) is 12.1 Å². The van der Waals surface area contributed by atoms with E-state index in [4.69, 9.17) is 0 Å². The van der Waals surface area contributed by atoms with Crippen LogP contribution < -0.4 is 5.32 Å². The summed E-state index contributed by atoms with van der Waals surface area (Å²) < 4.78 is 0. The summed E-state index contributed by atoms with van der Waals surface area (Å²) in [5, 5.41) is 3.69. The second-order valence-electron chi connectivity index (χ2n) is 5.84. The Bertz CT molecular complexity index is 348. The summed E-state index contributed by atoms with van der Waals surface area (Å²) in [7, 11) is 0. The van der Waals surface area contributed by atoms with Gasteiger partial charge in [-0.25, -0.2) is 0 Å². The van der Waals surface area contributed by atoms with Crippen molar-refractivity contribution in [3.8, 4) is 0 Å². The monoisotopic (exact) mass is 231 g/mol. The van der Waals surface area contributed by atoms with E-state index in [1.54, 1.807) is 0 Å². The molecule has 1 aliphatic carbocycles. The molecule has 0 amide bonds. The van der Waals surface area contributed by atoms with Gasteiger partial charge in [-0.1, -0.05) is 45.0 Å². The largest absolute Gasteiger partial charge is 0.311 e. The molecular weight excluding hydrogens is 206 g/mol. The Morgan fingerprint density at radius 3 is 1.94 bits per heavy atom. The van der Waals surface area contributed by atoms with E-state index in [-0.39, 0.29) is 0 Å². The van der Waals surface area contributed by atoms with E-state index in [1.807, 2.05) is 0 Å². The normalized spacial score (nSPS) is 19.4. The van der Waals surface area contributed by atoms with E-state index in [1.165, 1.54) is 24.0 Å². The van der Waals surface area contributed by atoms with Gasteiger partial charge in [-0.05, 0) is 42.7 Å². The van der Waals surface area contributed by atoms with Gasteiger partial charge in [-0.2, -0.15) is 0 Å². The Balaban J connectivity index is 1.99. The number of hydrogen-bond acceptors (Lipinski definition) is 1. The Labute approximate surface area is 106 Å². The molecule has 0 aliphatic heterocycles. The molecule has 1 heteroatoms. The second-order valence-corrected chi connectivity index (χ2v) is 5.84. The first kappa shape index (κ1) is 12.6. The summed E-state index contributed by atoms with van der Waals surface area (Å²) in [4.78, 5) is 0. The van der Waals surface area contributed by atoms with Crippen molar-refractivity contribution in [1.29, 1.82) is 0 Å². The quantitative estimate of drug-likeness (QED) is 0.806. The maximum absolute atomic E-state index is 3.69. The van der Waals surface area contributed by atoms with Crippen molar-refractivity contribution in [2.24, 2.45) is 0 Å². The fraction of sp³-hybridized carbons (Fsp3) is 0.625. The highest BCUT2D eigenvalue weighted by Crippen LogP contribution is 2.26. The maximum Gasteiger partial charge on any atom is 0.0107 e. The summed E-state index contributed by atoms with van der Waals surface area (Å²) in [5.41, 5.74) is 2.89. The van der Waals surface area contributed by atoms with Crippen molar-refractivity contribution in [2.45, 2.75) is 64.5 Å². The lowest BCUT2D eigenvalue weighted by Crippen LogP contribution is -2.32. The van der Waals surface area contributed by atoms with Gasteiger partial charge in [0, 0.05) is 12.1 Å². The van der Waals surface area contributed by atoms with Crippen molar-refractivity contribution in [3.63, 3.8) is 0 Å². The van der Waals surface area contributed by atoms with Crippen LogP contribution >= 0.6 is 0 Å². The molecular formula is C16H25N. The minimum atomic E-state index is 0.576. The summed E-state index contributed by atoms with van der Waals surface area (Å²) in [6, 6.07) is 10.5. The van der Waals surface area contributed by atoms with Gasteiger partial charge >= 0.3 is 0 Å². The van der Waals surface area contributed by atoms with Crippen LogP contribution in [0.4, 0.5) is 0 Å². The van der Waals surface area contributed by atoms with E-state index in [2.05, 4.69) is 57.3 Å². The van der Waals surface area contributed by atoms with Crippen molar-refractivity contribution in [1.82, 2.24) is 5.32 Å². The Hall–Kier alpha value is -0.820. The molecule has 2 atom stereocenters. The minimum Gasteiger partial charge on any atom is -0.311 e. The van der Waals surface area contributed by atoms with Gasteiger partial charge in [0.2, 0.25) is 0 Å². The van der Waals surface area contributed by atoms with Crippen molar-refractivity contribution in [2.75, 3.05) is 0 Å². The van der Waals surface area contributed by atoms with Gasteiger partial charge in [0.1, 0.15) is 0 Å². The summed E-state index contributed by atoms with van der Waals surface area (Å²) in [5.74, 6) is 1.22. The third-order valence-electron chi connectivity index (χ3n) is 3.95. The highest BCUT2D eigenvalue weighted by Gasteiger charge is 2.25. The van der Waals surface area contributed by atoms with Crippen LogP contribution in [0, 0.1) is 0 Å². The molecule has 0 saturated heterocycles. The Morgan fingerprint density at radius 1 is 0.941 bits per heavy atom. The van der Waals surface area contributed by atoms with Crippen LogP contribution in [0.25, 0.3) is 0 Å². The Kier molecular flexibility index (Phi) is 3.88. The molecule has 2 rings (SSSR count). The molecule has 0 bridgehead atoms. The lowest BCUT2D eigenvalue weighted by Gasteiger charge is -2.22. The predicted octanol–water partition coefficient (Wildman–Crippen LogP) is 4.05. The zero-order valence-electron chi connectivity index (χ0n) is 11.5. The molecule has 17 heavy (non-hydrogen) atoms. The average Bonchev–Trinajstić information content (AvgIpc) is 3.12. The minimum absolute atomic E-state index is 0.576. The van der Waals surface area contributed by atoms with Gasteiger partial charge in [0.05, 0.1) is 0 Å². The first-order chi connectivity index (χ1) is 8.08. The first-order valence-electron chi connectivity index (χ1n) is 6.94. The van der Waals surface area contributed by atoms with Crippen molar-refractivity contribution in [3.05, 3.63) is 35.4 Å². The number of rotatable bonds is 5. The zero-order chi connectivity index (χ0) is 12.4. The maximum atomic E-state index is 3.69. The van der Waals surface area contributed by atoms with Crippen molar-refractivity contribution >= 4 is 0 Å². The average molecular weight is 231 g/mol. The van der Waals surface area contributed by atoms with Crippen molar-refractivity contribution < 1.29 is 0 Å². The second kappa shape index (κ2) is 5.22. The molecule has 0 radical (unpaired) electrons. The number of hydrogen-bond donors (Lipinski definition) is 1. The molecule has 1 N–H and O–H groups in total. The van der Waals surface area contributed by atoms with Gasteiger partial charge in [0.25, 0.3) is 0 Å². The zero-order valence-corrected chi connectivity index (χ0v) is 11.5. The van der Waals surface area contributed by atoms with Crippen LogP contribution in [0.3, 0.4) is 0 Å². The van der Waals surface area contributed by atoms with E-state index in [0.717, 1.165) is 6.04 Å². The number of benzene rings is 1. The van der Waals surface area contributed by atoms with E-state index in [9.17, 15) is 0 Å². The predicted molar refractivity (Wildman–Crippen MR) is 74.6 cm³/mol. The van der Waals surface area contributed by atoms with Crippen LogP contribution in [0.15, 0.2) is 24.3 Å². The molecule has 1 fully saturated rings. The van der Waals surface area contributed by atoms with Crippen LogP contribution in [0.5, 0.6) is 0 Å². The third kappa shape index (κ3) is 3.32. The van der Waals surface area contributed by atoms with Gasteiger partial charge in [0.15, 0.2) is 0 Å². The summed E-state index contributed by atoms with van der Waals surface area (Å²) >= 11 is 0. The summed E-state index contributed by atoms with van der Waals surface area (Å²) in [6.07, 6.45) is 2.73. The fourth-order valence-electron chi connectivity index (χ4n) is 2.24. The molecule has 1 saturated carbocycles. The fourth-order valence-corrected chi connectivity index (χ4v) is 2.24. The Morgan fingerprint density at radius 2 is 1.47 bits per heavy atom. The standard InChI is InChI=1S/C16H25N/c1-11(2)14-5-7-15(8-6-14)12(3)13(4)17-16-9-10-16/h5-8,11-13,16-17H,9-10H2,1-4H3. The van der Waals surface area contributed by atoms with Gasteiger partial charge < -0.3 is 5.32 Å². The molecule has 1 aromatic carbocycles. The van der Waals surface area contributed by atoms with Crippen LogP contribution in [0.1, 0.15) is 63.5 Å². The SMILES string of the molecule is CC(C)c1ccc(C(C)C(C)NC2CC2)cc1. The highest BCUT2D eigenvalue weighted by molar-refractivity contribution is 5.27. The lowest BCUT2D eigenvalue weighted by atomic mass is 9.92. The molecule has 1 aromatic rings. The van der Waals surface area contributed by atoms with Crippen LogP contribution in [0.2, 0.25) is 0 Å². The molecule has 0 spiro atoms. The smallest absolute Gasteiger partial charge is 0.0107 e. The van der Waals surface area contributed by atoms with E-state index in [0.29, 0.717) is 17.9 Å². The first-order valence-corrected chi connectivity index (χ1v) is 6.94. The highest BCUT2D eigenvalue weighted by atomic mass is 15.0. The topological polar surface area (TPSA) is 12.0 Å². The lowest BCUT2D eigenvalue weighted by molar-refractivity contribution is 0.478.